The molecular weight excluding hydrogens is 399 g/mol. The maximum Gasteiger partial charge on any atom is 0.306 e. The predicted octanol–water partition coefficient (Wildman–Crippen LogP) is 5.29. The van der Waals surface area contributed by atoms with Crippen molar-refractivity contribution >= 4 is 5.97 Å². The number of rotatable bonds is 10. The van der Waals surface area contributed by atoms with E-state index in [1.807, 2.05) is 24.3 Å². The van der Waals surface area contributed by atoms with Gasteiger partial charge in [-0.3, -0.25) is 4.79 Å². The number of ether oxygens (including phenoxy) is 3. The second kappa shape index (κ2) is 9.16. The lowest BCUT2D eigenvalue weighted by atomic mass is 9.82. The van der Waals surface area contributed by atoms with Crippen LogP contribution >= 0.6 is 0 Å². The molecule has 6 heteroatoms. The van der Waals surface area contributed by atoms with Gasteiger partial charge >= 0.3 is 5.97 Å². The number of carboxylic acids is 1. The molecule has 4 rings (SSSR count). The summed E-state index contributed by atoms with van der Waals surface area (Å²) in [6, 6.07) is 12.3. The maximum atomic E-state index is 13.9. The molecule has 2 aromatic rings. The Labute approximate surface area is 182 Å². The lowest BCUT2D eigenvalue weighted by Gasteiger charge is -2.35. The van der Waals surface area contributed by atoms with Crippen LogP contribution in [0.25, 0.3) is 0 Å². The number of carbonyl (C=O) groups is 1. The summed E-state index contributed by atoms with van der Waals surface area (Å²) in [5.74, 6) is 0.817. The molecule has 0 radical (unpaired) electrons. The molecule has 2 fully saturated rings. The Morgan fingerprint density at radius 3 is 2.61 bits per heavy atom. The zero-order valence-electron chi connectivity index (χ0n) is 17.9. The Bertz CT molecular complexity index is 920. The Balaban J connectivity index is 1.29. The van der Waals surface area contributed by atoms with E-state index in [0.29, 0.717) is 24.2 Å². The van der Waals surface area contributed by atoms with Gasteiger partial charge in [0.05, 0.1) is 25.7 Å². The average Bonchev–Trinajstić information content (AvgIpc) is 3.56. The van der Waals surface area contributed by atoms with E-state index in [-0.39, 0.29) is 17.8 Å². The van der Waals surface area contributed by atoms with Crippen molar-refractivity contribution in [2.45, 2.75) is 44.6 Å². The Morgan fingerprint density at radius 2 is 1.94 bits per heavy atom. The van der Waals surface area contributed by atoms with Crippen molar-refractivity contribution in [3.8, 4) is 17.2 Å². The zero-order valence-corrected chi connectivity index (χ0v) is 17.9. The number of halogens is 1. The Hall–Kier alpha value is -2.76. The average molecular weight is 429 g/mol. The van der Waals surface area contributed by atoms with Gasteiger partial charge < -0.3 is 19.3 Å². The van der Waals surface area contributed by atoms with Crippen molar-refractivity contribution in [2.24, 2.45) is 17.8 Å². The first-order valence-corrected chi connectivity index (χ1v) is 10.9. The highest BCUT2D eigenvalue weighted by atomic mass is 19.1. The first kappa shape index (κ1) is 21.5. The van der Waals surface area contributed by atoms with E-state index in [0.717, 1.165) is 37.0 Å². The van der Waals surface area contributed by atoms with Gasteiger partial charge in [-0.2, -0.15) is 0 Å². The van der Waals surface area contributed by atoms with E-state index in [4.69, 9.17) is 14.2 Å². The van der Waals surface area contributed by atoms with E-state index in [9.17, 15) is 14.3 Å². The van der Waals surface area contributed by atoms with E-state index < -0.39 is 17.7 Å². The zero-order chi connectivity index (χ0) is 22.0. The fourth-order valence-electron chi connectivity index (χ4n) is 4.39. The molecule has 0 bridgehead atoms. The van der Waals surface area contributed by atoms with Crippen LogP contribution in [0, 0.1) is 23.6 Å². The maximum absolute atomic E-state index is 13.9. The third kappa shape index (κ3) is 5.12. The molecule has 0 saturated heterocycles. The molecule has 0 spiro atoms. The summed E-state index contributed by atoms with van der Waals surface area (Å²) in [7, 11) is 1.54. The summed E-state index contributed by atoms with van der Waals surface area (Å²) in [6.45, 7) is 2.35. The van der Waals surface area contributed by atoms with Crippen molar-refractivity contribution in [2.75, 3.05) is 13.7 Å². The highest BCUT2D eigenvalue weighted by molar-refractivity contribution is 5.71. The number of hydrogen-bond acceptors (Lipinski definition) is 4. The van der Waals surface area contributed by atoms with E-state index >= 15 is 0 Å². The molecule has 2 unspecified atom stereocenters. The standard InChI is InChI=1S/C25H29FO5/c1-15(25(27)28)24(17-6-7-17)18-4-3-5-20(12-18)30-14-16-10-21(11-16)31-23-13-19(29-2)8-9-22(23)26/h3-5,8-9,12-13,15-17,21,24H,6-7,10-11,14H2,1-2H3,(H,27,28). The number of aliphatic carboxylic acids is 1. The summed E-state index contributed by atoms with van der Waals surface area (Å²) >= 11 is 0. The van der Waals surface area contributed by atoms with Gasteiger partial charge in [0.1, 0.15) is 11.5 Å². The smallest absolute Gasteiger partial charge is 0.306 e. The van der Waals surface area contributed by atoms with Gasteiger partial charge in [-0.25, -0.2) is 4.39 Å². The first-order valence-electron chi connectivity index (χ1n) is 10.9. The Kier molecular flexibility index (Phi) is 6.35. The molecule has 2 aromatic carbocycles. The van der Waals surface area contributed by atoms with Gasteiger partial charge in [-0.05, 0) is 73.3 Å². The first-order chi connectivity index (χ1) is 14.9. The summed E-state index contributed by atoms with van der Waals surface area (Å²) < 4.78 is 30.8. The number of hydrogen-bond donors (Lipinski definition) is 1. The number of methoxy groups -OCH3 is 1. The van der Waals surface area contributed by atoms with Crippen LogP contribution in [0.4, 0.5) is 4.39 Å². The van der Waals surface area contributed by atoms with Gasteiger partial charge in [0, 0.05) is 6.07 Å². The molecule has 0 amide bonds. The molecule has 31 heavy (non-hydrogen) atoms. The van der Waals surface area contributed by atoms with Crippen LogP contribution < -0.4 is 14.2 Å². The molecule has 0 aliphatic heterocycles. The highest BCUT2D eigenvalue weighted by Crippen LogP contribution is 2.47. The quantitative estimate of drug-likeness (QED) is 0.557. The van der Waals surface area contributed by atoms with Crippen LogP contribution in [0.5, 0.6) is 17.2 Å². The minimum Gasteiger partial charge on any atom is -0.497 e. The van der Waals surface area contributed by atoms with Gasteiger partial charge in [-0.15, -0.1) is 0 Å². The second-order valence-electron chi connectivity index (χ2n) is 8.75. The van der Waals surface area contributed by atoms with Crippen molar-refractivity contribution in [3.63, 3.8) is 0 Å². The highest BCUT2D eigenvalue weighted by Gasteiger charge is 2.38. The van der Waals surface area contributed by atoms with E-state index in [1.54, 1.807) is 19.1 Å². The van der Waals surface area contributed by atoms with Gasteiger partial charge in [0.25, 0.3) is 0 Å². The number of carboxylic acid groups (broad SMARTS) is 1. The van der Waals surface area contributed by atoms with Crippen molar-refractivity contribution < 1.29 is 28.5 Å². The van der Waals surface area contributed by atoms with Gasteiger partial charge in [0.15, 0.2) is 11.6 Å². The third-order valence-corrected chi connectivity index (χ3v) is 6.41. The Morgan fingerprint density at radius 1 is 1.16 bits per heavy atom. The summed E-state index contributed by atoms with van der Waals surface area (Å²) in [4.78, 5) is 11.5. The molecule has 166 valence electrons. The fraction of sp³-hybridized carbons (Fsp3) is 0.480. The van der Waals surface area contributed by atoms with Gasteiger partial charge in [-0.1, -0.05) is 19.1 Å². The molecule has 5 nitrogen and oxygen atoms in total. The largest absolute Gasteiger partial charge is 0.497 e. The van der Waals surface area contributed by atoms with Crippen LogP contribution in [0.3, 0.4) is 0 Å². The van der Waals surface area contributed by atoms with Crippen LogP contribution in [0.1, 0.15) is 44.1 Å². The minimum absolute atomic E-state index is 0.0280. The van der Waals surface area contributed by atoms with Crippen LogP contribution in [0.2, 0.25) is 0 Å². The molecular formula is C25H29FO5. The predicted molar refractivity (Wildman–Crippen MR) is 114 cm³/mol. The van der Waals surface area contributed by atoms with Crippen LogP contribution in [0.15, 0.2) is 42.5 Å². The molecule has 2 aliphatic carbocycles. The van der Waals surface area contributed by atoms with E-state index in [1.165, 1.54) is 13.2 Å². The lowest BCUT2D eigenvalue weighted by molar-refractivity contribution is -0.142. The summed E-state index contributed by atoms with van der Waals surface area (Å²) in [5.41, 5.74) is 1.04. The fourth-order valence-corrected chi connectivity index (χ4v) is 4.39. The molecule has 0 heterocycles. The SMILES string of the molecule is COc1ccc(F)c(OC2CC(COc3cccc(C(C4CC4)C(C)C(=O)O)c3)C2)c1. The van der Waals surface area contributed by atoms with Crippen molar-refractivity contribution in [3.05, 3.63) is 53.8 Å². The molecule has 1 N–H and O–H groups in total. The molecule has 2 atom stereocenters. The third-order valence-electron chi connectivity index (χ3n) is 6.41. The van der Waals surface area contributed by atoms with Crippen molar-refractivity contribution in [1.29, 1.82) is 0 Å². The summed E-state index contributed by atoms with van der Waals surface area (Å²) in [6.07, 6.45) is 3.75. The van der Waals surface area contributed by atoms with Crippen molar-refractivity contribution in [1.82, 2.24) is 0 Å². The second-order valence-corrected chi connectivity index (χ2v) is 8.75. The van der Waals surface area contributed by atoms with Gasteiger partial charge in [0.2, 0.25) is 0 Å². The normalized spacial score (nSPS) is 22.2. The monoisotopic (exact) mass is 428 g/mol. The number of benzene rings is 2. The van der Waals surface area contributed by atoms with E-state index in [2.05, 4.69) is 0 Å². The topological polar surface area (TPSA) is 65.0 Å². The minimum atomic E-state index is -0.754. The van der Waals surface area contributed by atoms with Crippen LogP contribution in [-0.2, 0) is 4.79 Å². The summed E-state index contributed by atoms with van der Waals surface area (Å²) in [5, 5.41) is 9.48. The lowest BCUT2D eigenvalue weighted by Crippen LogP contribution is -2.37. The van der Waals surface area contributed by atoms with Crippen LogP contribution in [-0.4, -0.2) is 30.9 Å². The molecule has 2 saturated carbocycles. The molecule has 2 aliphatic rings. The molecule has 0 aromatic heterocycles.